The van der Waals surface area contributed by atoms with Crippen molar-refractivity contribution < 1.29 is 14.7 Å². The average Bonchev–Trinajstić information content (AvgIpc) is 2.82. The van der Waals surface area contributed by atoms with Crippen molar-refractivity contribution in [3.05, 3.63) is 101 Å². The number of hydrogen-bond acceptors (Lipinski definition) is 3. The number of anilines is 1. The Morgan fingerprint density at radius 3 is 2.45 bits per heavy atom. The lowest BCUT2D eigenvalue weighted by Crippen LogP contribution is -2.46. The summed E-state index contributed by atoms with van der Waals surface area (Å²) in [5.41, 5.74) is 4.27. The maximum atomic E-state index is 13.2. The molecule has 4 rings (SSSR count). The van der Waals surface area contributed by atoms with Crippen molar-refractivity contribution in [1.29, 1.82) is 0 Å². The van der Waals surface area contributed by atoms with E-state index in [-0.39, 0.29) is 24.6 Å². The summed E-state index contributed by atoms with van der Waals surface area (Å²) in [5.74, 6) is -0.165. The van der Waals surface area contributed by atoms with Crippen molar-refractivity contribution in [2.45, 2.75) is 25.6 Å². The van der Waals surface area contributed by atoms with Gasteiger partial charge in [-0.3, -0.25) is 4.79 Å². The van der Waals surface area contributed by atoms with E-state index >= 15 is 0 Å². The highest BCUT2D eigenvalue weighted by atomic mass is 16.3. The molecule has 6 heteroatoms. The Balaban J connectivity index is 1.43. The third kappa shape index (κ3) is 4.92. The van der Waals surface area contributed by atoms with E-state index in [0.717, 1.165) is 16.7 Å². The van der Waals surface area contributed by atoms with Crippen LogP contribution in [0.25, 0.3) is 0 Å². The first kappa shape index (κ1) is 20.6. The van der Waals surface area contributed by atoms with Crippen LogP contribution >= 0.6 is 0 Å². The van der Waals surface area contributed by atoms with E-state index in [1.165, 1.54) is 0 Å². The molecule has 0 spiro atoms. The van der Waals surface area contributed by atoms with Gasteiger partial charge in [-0.2, -0.15) is 0 Å². The van der Waals surface area contributed by atoms with Gasteiger partial charge in [-0.15, -0.1) is 0 Å². The standard InChI is InChI=1S/C25H25N3O3/c29-17-23-14-19-9-4-5-10-21(19)16-28(23)24(30)20-11-6-12-22(13-20)27-25(31)26-15-18-7-2-1-3-8-18/h1-13,23,29H,14-17H2,(H2,26,27,31). The van der Waals surface area contributed by atoms with E-state index in [1.807, 2.05) is 54.6 Å². The van der Waals surface area contributed by atoms with Crippen LogP contribution in [0.2, 0.25) is 0 Å². The molecule has 0 fully saturated rings. The molecule has 0 aliphatic carbocycles. The molecule has 1 aliphatic rings. The van der Waals surface area contributed by atoms with Crippen molar-refractivity contribution in [2.75, 3.05) is 11.9 Å². The van der Waals surface area contributed by atoms with Gasteiger partial charge in [0.2, 0.25) is 0 Å². The van der Waals surface area contributed by atoms with Gasteiger partial charge in [-0.05, 0) is 41.3 Å². The summed E-state index contributed by atoms with van der Waals surface area (Å²) < 4.78 is 0. The first-order valence-corrected chi connectivity index (χ1v) is 10.3. The van der Waals surface area contributed by atoms with Crippen LogP contribution in [0.5, 0.6) is 0 Å². The van der Waals surface area contributed by atoms with Gasteiger partial charge < -0.3 is 20.6 Å². The quantitative estimate of drug-likeness (QED) is 0.596. The number of nitrogens with zero attached hydrogens (tertiary/aromatic N) is 1. The number of aliphatic hydroxyl groups is 1. The Morgan fingerprint density at radius 1 is 0.935 bits per heavy atom. The summed E-state index contributed by atoms with van der Waals surface area (Å²) >= 11 is 0. The fourth-order valence-corrected chi connectivity index (χ4v) is 3.84. The van der Waals surface area contributed by atoms with Crippen LogP contribution in [-0.4, -0.2) is 34.6 Å². The molecule has 158 valence electrons. The van der Waals surface area contributed by atoms with Crippen LogP contribution in [0.1, 0.15) is 27.0 Å². The maximum Gasteiger partial charge on any atom is 0.319 e. The first-order chi connectivity index (χ1) is 15.1. The fraction of sp³-hybridized carbons (Fsp3) is 0.200. The smallest absolute Gasteiger partial charge is 0.319 e. The van der Waals surface area contributed by atoms with Crippen molar-refractivity contribution in [1.82, 2.24) is 10.2 Å². The molecule has 0 aromatic heterocycles. The second-order valence-electron chi connectivity index (χ2n) is 7.62. The third-order valence-corrected chi connectivity index (χ3v) is 5.49. The van der Waals surface area contributed by atoms with Crippen LogP contribution in [0.3, 0.4) is 0 Å². The maximum absolute atomic E-state index is 13.2. The van der Waals surface area contributed by atoms with Gasteiger partial charge in [0.05, 0.1) is 12.6 Å². The number of carbonyl (C=O) groups excluding carboxylic acids is 2. The zero-order valence-corrected chi connectivity index (χ0v) is 17.1. The molecule has 3 aromatic carbocycles. The zero-order chi connectivity index (χ0) is 21.6. The summed E-state index contributed by atoms with van der Waals surface area (Å²) in [6.07, 6.45) is 0.623. The minimum Gasteiger partial charge on any atom is -0.394 e. The number of fused-ring (bicyclic) bond motifs is 1. The molecule has 6 nitrogen and oxygen atoms in total. The number of carbonyl (C=O) groups is 2. The van der Waals surface area contributed by atoms with Gasteiger partial charge in [0, 0.05) is 24.3 Å². The summed E-state index contributed by atoms with van der Waals surface area (Å²) in [7, 11) is 0. The van der Waals surface area contributed by atoms with E-state index in [4.69, 9.17) is 0 Å². The first-order valence-electron chi connectivity index (χ1n) is 10.3. The number of nitrogens with one attached hydrogen (secondary N) is 2. The normalized spacial score (nSPS) is 15.1. The highest BCUT2D eigenvalue weighted by Crippen LogP contribution is 2.25. The lowest BCUT2D eigenvalue weighted by molar-refractivity contribution is 0.0544. The topological polar surface area (TPSA) is 81.7 Å². The number of urea groups is 1. The molecule has 0 bridgehead atoms. The number of rotatable bonds is 5. The second-order valence-corrected chi connectivity index (χ2v) is 7.62. The van der Waals surface area contributed by atoms with E-state index in [0.29, 0.717) is 30.8 Å². The van der Waals surface area contributed by atoms with Crippen LogP contribution in [-0.2, 0) is 19.5 Å². The molecule has 0 saturated heterocycles. The Labute approximate surface area is 181 Å². The highest BCUT2D eigenvalue weighted by Gasteiger charge is 2.29. The van der Waals surface area contributed by atoms with Gasteiger partial charge in [-0.1, -0.05) is 60.7 Å². The number of aliphatic hydroxyl groups excluding tert-OH is 1. The van der Waals surface area contributed by atoms with E-state index < -0.39 is 0 Å². The van der Waals surface area contributed by atoms with E-state index in [2.05, 4.69) is 10.6 Å². The fourth-order valence-electron chi connectivity index (χ4n) is 3.84. The number of benzene rings is 3. The van der Waals surface area contributed by atoms with Gasteiger partial charge in [0.15, 0.2) is 0 Å². The Morgan fingerprint density at radius 2 is 1.68 bits per heavy atom. The Hall–Kier alpha value is -3.64. The number of amides is 3. The SMILES string of the molecule is O=C(NCc1ccccc1)Nc1cccc(C(=O)N2Cc3ccccc3CC2CO)c1. The minimum absolute atomic E-state index is 0.0973. The summed E-state index contributed by atoms with van der Waals surface area (Å²) in [5, 5.41) is 15.4. The van der Waals surface area contributed by atoms with Gasteiger partial charge >= 0.3 is 6.03 Å². The Bertz CT molecular complexity index is 1070. The van der Waals surface area contributed by atoms with Crippen LogP contribution in [0, 0.1) is 0 Å². The highest BCUT2D eigenvalue weighted by molar-refractivity contribution is 5.97. The lowest BCUT2D eigenvalue weighted by Gasteiger charge is -2.36. The van der Waals surface area contributed by atoms with Crippen molar-refractivity contribution >= 4 is 17.6 Å². The molecule has 0 saturated carbocycles. The summed E-state index contributed by atoms with van der Waals surface area (Å²) in [4.78, 5) is 27.2. The summed E-state index contributed by atoms with van der Waals surface area (Å²) in [6.45, 7) is 0.770. The van der Waals surface area contributed by atoms with Crippen LogP contribution in [0.15, 0.2) is 78.9 Å². The third-order valence-electron chi connectivity index (χ3n) is 5.49. The molecule has 31 heavy (non-hydrogen) atoms. The molecular formula is C25H25N3O3. The zero-order valence-electron chi connectivity index (χ0n) is 17.1. The lowest BCUT2D eigenvalue weighted by atomic mass is 9.93. The van der Waals surface area contributed by atoms with E-state index in [9.17, 15) is 14.7 Å². The molecule has 1 heterocycles. The van der Waals surface area contributed by atoms with Crippen molar-refractivity contribution in [2.24, 2.45) is 0 Å². The molecule has 3 amide bonds. The molecular weight excluding hydrogens is 390 g/mol. The van der Waals surface area contributed by atoms with Crippen molar-refractivity contribution in [3.8, 4) is 0 Å². The van der Waals surface area contributed by atoms with Crippen LogP contribution < -0.4 is 10.6 Å². The van der Waals surface area contributed by atoms with Crippen LogP contribution in [0.4, 0.5) is 10.5 Å². The molecule has 1 atom stereocenters. The van der Waals surface area contributed by atoms with Gasteiger partial charge in [-0.25, -0.2) is 4.79 Å². The van der Waals surface area contributed by atoms with E-state index in [1.54, 1.807) is 29.2 Å². The van der Waals surface area contributed by atoms with Crippen molar-refractivity contribution in [3.63, 3.8) is 0 Å². The summed E-state index contributed by atoms with van der Waals surface area (Å²) in [6, 6.07) is 23.9. The molecule has 3 N–H and O–H groups in total. The molecule has 1 aliphatic heterocycles. The second kappa shape index (κ2) is 9.45. The predicted molar refractivity (Wildman–Crippen MR) is 120 cm³/mol. The Kier molecular flexibility index (Phi) is 6.29. The average molecular weight is 415 g/mol. The van der Waals surface area contributed by atoms with Gasteiger partial charge in [0.1, 0.15) is 0 Å². The number of hydrogen-bond donors (Lipinski definition) is 3. The predicted octanol–water partition coefficient (Wildman–Crippen LogP) is 3.57. The molecule has 0 radical (unpaired) electrons. The minimum atomic E-state index is -0.339. The molecule has 3 aromatic rings. The monoisotopic (exact) mass is 415 g/mol. The largest absolute Gasteiger partial charge is 0.394 e. The van der Waals surface area contributed by atoms with Gasteiger partial charge in [0.25, 0.3) is 5.91 Å². The molecule has 1 unspecified atom stereocenters.